The van der Waals surface area contributed by atoms with E-state index in [9.17, 15) is 4.39 Å². The first-order chi connectivity index (χ1) is 5.56. The van der Waals surface area contributed by atoms with Crippen LogP contribution in [0.4, 0.5) is 4.39 Å². The lowest BCUT2D eigenvalue weighted by Crippen LogP contribution is -2.32. The summed E-state index contributed by atoms with van der Waals surface area (Å²) in [5, 5.41) is 3.15. The second-order valence-electron chi connectivity index (χ2n) is 3.38. The summed E-state index contributed by atoms with van der Waals surface area (Å²) in [5.41, 5.74) is 1.000. The highest BCUT2D eigenvalue weighted by Gasteiger charge is 2.16. The van der Waals surface area contributed by atoms with Gasteiger partial charge in [0, 0.05) is 5.54 Å². The predicted molar refractivity (Wildman–Crippen MR) is 48.5 cm³/mol. The van der Waals surface area contributed by atoms with Crippen LogP contribution < -0.4 is 5.32 Å². The fourth-order valence-electron chi connectivity index (χ4n) is 1.01. The van der Waals surface area contributed by atoms with Crippen molar-refractivity contribution in [1.29, 1.82) is 0 Å². The van der Waals surface area contributed by atoms with Crippen molar-refractivity contribution in [3.05, 3.63) is 35.6 Å². The fourth-order valence-corrected chi connectivity index (χ4v) is 1.01. The molecule has 0 aliphatic rings. The zero-order valence-electron chi connectivity index (χ0n) is 7.69. The number of rotatable bonds is 2. The van der Waals surface area contributed by atoms with E-state index in [-0.39, 0.29) is 11.4 Å². The molecule has 0 aliphatic heterocycles. The predicted octanol–water partition coefficient (Wildman–Crippen LogP) is 2.28. The van der Waals surface area contributed by atoms with Gasteiger partial charge >= 0.3 is 0 Å². The second kappa shape index (κ2) is 3.23. The summed E-state index contributed by atoms with van der Waals surface area (Å²) in [5.74, 6) is -0.189. The average Bonchev–Trinajstić information content (AvgIpc) is 2.05. The van der Waals surface area contributed by atoms with Gasteiger partial charge in [-0.1, -0.05) is 12.1 Å². The zero-order valence-corrected chi connectivity index (χ0v) is 7.69. The minimum Gasteiger partial charge on any atom is -0.311 e. The Balaban J connectivity index is 2.96. The van der Waals surface area contributed by atoms with Crippen LogP contribution in [0.25, 0.3) is 0 Å². The molecule has 66 valence electrons. The lowest BCUT2D eigenvalue weighted by atomic mass is 9.95. The number of hydrogen-bond acceptors (Lipinski definition) is 1. The van der Waals surface area contributed by atoms with Gasteiger partial charge in [-0.2, -0.15) is 0 Å². The molecule has 2 heteroatoms. The van der Waals surface area contributed by atoms with E-state index < -0.39 is 0 Å². The SMILES string of the molecule is CNC(C)(C)c1ccc(F)cc1. The molecule has 0 amide bonds. The third kappa shape index (κ3) is 1.83. The summed E-state index contributed by atoms with van der Waals surface area (Å²) in [6, 6.07) is 6.56. The highest BCUT2D eigenvalue weighted by molar-refractivity contribution is 5.23. The van der Waals surface area contributed by atoms with E-state index >= 15 is 0 Å². The maximum Gasteiger partial charge on any atom is 0.123 e. The van der Waals surface area contributed by atoms with Crippen molar-refractivity contribution in [2.45, 2.75) is 19.4 Å². The van der Waals surface area contributed by atoms with Crippen molar-refractivity contribution in [1.82, 2.24) is 5.32 Å². The number of halogens is 1. The van der Waals surface area contributed by atoms with E-state index in [1.165, 1.54) is 12.1 Å². The molecular weight excluding hydrogens is 153 g/mol. The molecule has 0 heterocycles. The quantitative estimate of drug-likeness (QED) is 0.712. The average molecular weight is 167 g/mol. The molecule has 1 N–H and O–H groups in total. The molecule has 0 bridgehead atoms. The first-order valence-electron chi connectivity index (χ1n) is 4.01. The number of benzene rings is 1. The first kappa shape index (κ1) is 9.20. The van der Waals surface area contributed by atoms with Gasteiger partial charge in [0.1, 0.15) is 5.82 Å². The Morgan fingerprint density at radius 1 is 1.17 bits per heavy atom. The van der Waals surface area contributed by atoms with Crippen LogP contribution in [-0.2, 0) is 5.54 Å². The third-order valence-corrected chi connectivity index (χ3v) is 2.19. The lowest BCUT2D eigenvalue weighted by molar-refractivity contribution is 0.444. The van der Waals surface area contributed by atoms with Gasteiger partial charge in [0.15, 0.2) is 0 Å². The summed E-state index contributed by atoms with van der Waals surface area (Å²) in [7, 11) is 1.89. The largest absolute Gasteiger partial charge is 0.311 e. The van der Waals surface area contributed by atoms with Gasteiger partial charge in [0.25, 0.3) is 0 Å². The Labute approximate surface area is 72.6 Å². The van der Waals surface area contributed by atoms with E-state index in [4.69, 9.17) is 0 Å². The highest BCUT2D eigenvalue weighted by Crippen LogP contribution is 2.18. The number of nitrogens with one attached hydrogen (secondary N) is 1. The molecule has 0 saturated carbocycles. The first-order valence-corrected chi connectivity index (χ1v) is 4.01. The Morgan fingerprint density at radius 2 is 1.67 bits per heavy atom. The highest BCUT2D eigenvalue weighted by atomic mass is 19.1. The van der Waals surface area contributed by atoms with Crippen molar-refractivity contribution < 1.29 is 4.39 Å². The van der Waals surface area contributed by atoms with Crippen molar-refractivity contribution in [3.63, 3.8) is 0 Å². The van der Waals surface area contributed by atoms with E-state index in [1.807, 2.05) is 7.05 Å². The van der Waals surface area contributed by atoms with E-state index in [0.29, 0.717) is 0 Å². The molecule has 1 nitrogen and oxygen atoms in total. The Bertz CT molecular complexity index is 251. The van der Waals surface area contributed by atoms with Crippen molar-refractivity contribution in [2.75, 3.05) is 7.05 Å². The van der Waals surface area contributed by atoms with Gasteiger partial charge in [-0.05, 0) is 38.6 Å². The van der Waals surface area contributed by atoms with Crippen LogP contribution in [0, 0.1) is 5.82 Å². The van der Waals surface area contributed by atoms with Crippen molar-refractivity contribution in [2.24, 2.45) is 0 Å². The second-order valence-corrected chi connectivity index (χ2v) is 3.38. The Hall–Kier alpha value is -0.890. The molecule has 0 unspecified atom stereocenters. The molecule has 0 saturated heterocycles. The maximum atomic E-state index is 12.6. The van der Waals surface area contributed by atoms with Crippen LogP contribution >= 0.6 is 0 Å². The van der Waals surface area contributed by atoms with Crippen LogP contribution in [-0.4, -0.2) is 7.05 Å². The van der Waals surface area contributed by atoms with Crippen molar-refractivity contribution >= 4 is 0 Å². The maximum absolute atomic E-state index is 12.6. The van der Waals surface area contributed by atoms with E-state index in [0.717, 1.165) is 5.56 Å². The van der Waals surface area contributed by atoms with Crippen molar-refractivity contribution in [3.8, 4) is 0 Å². The topological polar surface area (TPSA) is 12.0 Å². The summed E-state index contributed by atoms with van der Waals surface area (Å²) in [4.78, 5) is 0. The molecule has 12 heavy (non-hydrogen) atoms. The Morgan fingerprint density at radius 3 is 2.08 bits per heavy atom. The molecule has 0 aromatic heterocycles. The van der Waals surface area contributed by atoms with Crippen LogP contribution in [0.2, 0.25) is 0 Å². The normalized spacial score (nSPS) is 11.7. The molecule has 0 radical (unpaired) electrons. The molecule has 0 atom stereocenters. The molecule has 0 aliphatic carbocycles. The van der Waals surface area contributed by atoms with Crippen LogP contribution in [0.5, 0.6) is 0 Å². The minimum atomic E-state index is -0.189. The Kier molecular flexibility index (Phi) is 2.48. The van der Waals surface area contributed by atoms with Gasteiger partial charge in [0.05, 0.1) is 0 Å². The molecule has 0 spiro atoms. The van der Waals surface area contributed by atoms with Gasteiger partial charge in [-0.15, -0.1) is 0 Å². The summed E-state index contributed by atoms with van der Waals surface area (Å²) in [6.45, 7) is 4.11. The number of hydrogen-bond donors (Lipinski definition) is 1. The lowest BCUT2D eigenvalue weighted by Gasteiger charge is -2.24. The molecule has 1 aromatic carbocycles. The van der Waals surface area contributed by atoms with Crippen LogP contribution in [0.1, 0.15) is 19.4 Å². The molecular formula is C10H14FN. The minimum absolute atomic E-state index is 0.0896. The zero-order chi connectivity index (χ0) is 9.19. The molecule has 1 aromatic rings. The summed E-state index contributed by atoms with van der Waals surface area (Å²) < 4.78 is 12.6. The smallest absolute Gasteiger partial charge is 0.123 e. The van der Waals surface area contributed by atoms with Gasteiger partial charge in [-0.25, -0.2) is 4.39 Å². The monoisotopic (exact) mass is 167 g/mol. The fraction of sp³-hybridized carbons (Fsp3) is 0.400. The van der Waals surface area contributed by atoms with Gasteiger partial charge < -0.3 is 5.32 Å². The van der Waals surface area contributed by atoms with Crippen LogP contribution in [0.3, 0.4) is 0 Å². The van der Waals surface area contributed by atoms with E-state index in [1.54, 1.807) is 12.1 Å². The van der Waals surface area contributed by atoms with Gasteiger partial charge in [-0.3, -0.25) is 0 Å². The molecule has 0 fully saturated rings. The van der Waals surface area contributed by atoms with Crippen LogP contribution in [0.15, 0.2) is 24.3 Å². The van der Waals surface area contributed by atoms with E-state index in [2.05, 4.69) is 19.2 Å². The third-order valence-electron chi connectivity index (χ3n) is 2.19. The standard InChI is InChI=1S/C10H14FN/c1-10(2,12-3)8-4-6-9(11)7-5-8/h4-7,12H,1-3H3. The van der Waals surface area contributed by atoms with Gasteiger partial charge in [0.2, 0.25) is 0 Å². The summed E-state index contributed by atoms with van der Waals surface area (Å²) in [6.07, 6.45) is 0. The summed E-state index contributed by atoms with van der Waals surface area (Å²) >= 11 is 0. The molecule has 1 rings (SSSR count).